The molecular weight excluding hydrogens is 326 g/mol. The number of aliphatic hydroxyl groups excluding tert-OH is 1. The summed E-state index contributed by atoms with van der Waals surface area (Å²) in [5.41, 5.74) is 0.00848. The third-order valence-electron chi connectivity index (χ3n) is 4.03. The molecule has 138 valence electrons. The Hall–Kier alpha value is -2.28. The number of ether oxygens (including phenoxy) is 3. The molecule has 1 amide bonds. The molecule has 1 fully saturated rings. The molecule has 0 radical (unpaired) electrons. The van der Waals surface area contributed by atoms with Crippen molar-refractivity contribution in [3.63, 3.8) is 0 Å². The molecule has 1 heterocycles. The smallest absolute Gasteiger partial charge is 0.410 e. The van der Waals surface area contributed by atoms with E-state index in [1.54, 1.807) is 52.1 Å². The topological polar surface area (TPSA) is 85.3 Å². The first-order chi connectivity index (χ1) is 11.7. The van der Waals surface area contributed by atoms with E-state index in [0.29, 0.717) is 11.3 Å². The zero-order valence-corrected chi connectivity index (χ0v) is 15.2. The Labute approximate surface area is 147 Å². The summed E-state index contributed by atoms with van der Waals surface area (Å²) in [6, 6.07) is 6.32. The fourth-order valence-electron chi connectivity index (χ4n) is 2.95. The van der Waals surface area contributed by atoms with Crippen molar-refractivity contribution in [1.82, 2.24) is 4.90 Å². The molecule has 1 aromatic rings. The van der Waals surface area contributed by atoms with Crippen LogP contribution < -0.4 is 4.74 Å². The van der Waals surface area contributed by atoms with Gasteiger partial charge in [-0.25, -0.2) is 4.79 Å². The van der Waals surface area contributed by atoms with E-state index < -0.39 is 35.7 Å². The molecule has 0 unspecified atom stereocenters. The van der Waals surface area contributed by atoms with Crippen molar-refractivity contribution in [2.45, 2.75) is 38.5 Å². The van der Waals surface area contributed by atoms with E-state index in [1.165, 1.54) is 12.0 Å². The molecule has 7 nitrogen and oxygen atoms in total. The highest BCUT2D eigenvalue weighted by Crippen LogP contribution is 2.39. The molecular formula is C18H25NO6. The lowest BCUT2D eigenvalue weighted by atomic mass is 9.92. The molecule has 1 aromatic carbocycles. The Morgan fingerprint density at radius 1 is 1.16 bits per heavy atom. The fraction of sp³-hybridized carbons (Fsp3) is 0.556. The van der Waals surface area contributed by atoms with Gasteiger partial charge in [-0.2, -0.15) is 0 Å². The Kier molecular flexibility index (Phi) is 5.57. The van der Waals surface area contributed by atoms with Gasteiger partial charge in [-0.15, -0.1) is 0 Å². The van der Waals surface area contributed by atoms with Crippen molar-refractivity contribution < 1.29 is 28.9 Å². The number of nitrogens with zero attached hydrogens (tertiary/aromatic N) is 1. The molecule has 1 N–H and O–H groups in total. The van der Waals surface area contributed by atoms with Crippen LogP contribution in [0, 0.1) is 5.92 Å². The van der Waals surface area contributed by atoms with Crippen LogP contribution in [-0.2, 0) is 14.3 Å². The SMILES string of the molecule is COC(=O)[C@@H]1[C@H](O)CN(C(=O)OC(C)(C)C)[C@H]1c1ccc(OC)cc1. The summed E-state index contributed by atoms with van der Waals surface area (Å²) in [6.45, 7) is 5.28. The van der Waals surface area contributed by atoms with E-state index in [0.717, 1.165) is 0 Å². The van der Waals surface area contributed by atoms with Crippen LogP contribution in [0.25, 0.3) is 0 Å². The van der Waals surface area contributed by atoms with Crippen LogP contribution in [-0.4, -0.2) is 54.5 Å². The second-order valence-electron chi connectivity index (χ2n) is 6.97. The highest BCUT2D eigenvalue weighted by Gasteiger charge is 2.49. The number of amides is 1. The van der Waals surface area contributed by atoms with Crippen LogP contribution in [0.1, 0.15) is 32.4 Å². The Morgan fingerprint density at radius 2 is 1.76 bits per heavy atom. The van der Waals surface area contributed by atoms with Crippen molar-refractivity contribution in [3.05, 3.63) is 29.8 Å². The molecule has 1 aliphatic heterocycles. The highest BCUT2D eigenvalue weighted by molar-refractivity contribution is 5.78. The van der Waals surface area contributed by atoms with Gasteiger partial charge in [0.1, 0.15) is 17.3 Å². The Morgan fingerprint density at radius 3 is 2.24 bits per heavy atom. The van der Waals surface area contributed by atoms with Gasteiger partial charge in [-0.1, -0.05) is 12.1 Å². The number of aliphatic hydroxyl groups is 1. The van der Waals surface area contributed by atoms with Gasteiger partial charge >= 0.3 is 12.1 Å². The third kappa shape index (κ3) is 4.22. The molecule has 25 heavy (non-hydrogen) atoms. The average Bonchev–Trinajstić information content (AvgIpc) is 2.90. The molecule has 0 aromatic heterocycles. The molecule has 0 saturated carbocycles. The molecule has 3 atom stereocenters. The van der Waals surface area contributed by atoms with E-state index >= 15 is 0 Å². The third-order valence-corrected chi connectivity index (χ3v) is 4.03. The molecule has 2 rings (SSSR count). The number of likely N-dealkylation sites (tertiary alicyclic amines) is 1. The summed E-state index contributed by atoms with van der Waals surface area (Å²) in [5.74, 6) is -0.800. The minimum Gasteiger partial charge on any atom is -0.497 e. The number of benzene rings is 1. The van der Waals surface area contributed by atoms with Gasteiger partial charge in [0.2, 0.25) is 0 Å². The zero-order chi connectivity index (χ0) is 18.8. The van der Waals surface area contributed by atoms with Gasteiger partial charge in [0.15, 0.2) is 0 Å². The molecule has 1 saturated heterocycles. The van der Waals surface area contributed by atoms with E-state index in [2.05, 4.69) is 0 Å². The van der Waals surface area contributed by atoms with Crippen LogP contribution in [0.3, 0.4) is 0 Å². The van der Waals surface area contributed by atoms with E-state index in [9.17, 15) is 14.7 Å². The maximum absolute atomic E-state index is 12.6. The monoisotopic (exact) mass is 351 g/mol. The Balaban J connectivity index is 2.39. The zero-order valence-electron chi connectivity index (χ0n) is 15.2. The number of β-amino-alcohol motifs (C(OH)–C–C–N with tert-alkyl or cyclic N) is 1. The van der Waals surface area contributed by atoms with Crippen LogP contribution in [0.4, 0.5) is 4.79 Å². The van der Waals surface area contributed by atoms with Crippen molar-refractivity contribution in [1.29, 1.82) is 0 Å². The van der Waals surface area contributed by atoms with Crippen LogP contribution in [0.5, 0.6) is 5.75 Å². The van der Waals surface area contributed by atoms with Crippen molar-refractivity contribution in [2.75, 3.05) is 20.8 Å². The number of hydrogen-bond donors (Lipinski definition) is 1. The minimum absolute atomic E-state index is 0.00856. The van der Waals surface area contributed by atoms with Gasteiger partial charge < -0.3 is 19.3 Å². The van der Waals surface area contributed by atoms with Gasteiger partial charge in [0.05, 0.1) is 32.9 Å². The first-order valence-corrected chi connectivity index (χ1v) is 8.07. The fourth-order valence-corrected chi connectivity index (χ4v) is 2.95. The largest absolute Gasteiger partial charge is 0.497 e. The first-order valence-electron chi connectivity index (χ1n) is 8.07. The summed E-state index contributed by atoms with van der Waals surface area (Å²) >= 11 is 0. The number of methoxy groups -OCH3 is 2. The van der Waals surface area contributed by atoms with E-state index in [-0.39, 0.29) is 6.54 Å². The van der Waals surface area contributed by atoms with E-state index in [4.69, 9.17) is 14.2 Å². The standard InChI is InChI=1S/C18H25NO6/c1-18(2,3)25-17(22)19-10-13(20)14(16(21)24-5)15(19)11-6-8-12(23-4)9-7-11/h6-9,13-15,20H,10H2,1-5H3/t13-,14-,15+/m1/s1. The number of rotatable bonds is 3. The summed E-state index contributed by atoms with van der Waals surface area (Å²) in [7, 11) is 2.81. The Bertz CT molecular complexity index is 621. The molecule has 0 bridgehead atoms. The number of carbonyl (C=O) groups is 2. The quantitative estimate of drug-likeness (QED) is 0.840. The van der Waals surface area contributed by atoms with Crippen molar-refractivity contribution in [3.8, 4) is 5.75 Å². The lowest BCUT2D eigenvalue weighted by Crippen LogP contribution is -2.38. The second kappa shape index (κ2) is 7.31. The van der Waals surface area contributed by atoms with Gasteiger partial charge in [-0.05, 0) is 38.5 Å². The minimum atomic E-state index is -1.04. The number of esters is 1. The van der Waals surface area contributed by atoms with Crippen LogP contribution in [0.15, 0.2) is 24.3 Å². The van der Waals surface area contributed by atoms with Gasteiger partial charge in [0, 0.05) is 0 Å². The van der Waals surface area contributed by atoms with Crippen LogP contribution in [0.2, 0.25) is 0 Å². The first kappa shape index (κ1) is 19.1. The lowest BCUT2D eigenvalue weighted by Gasteiger charge is -2.30. The maximum Gasteiger partial charge on any atom is 0.410 e. The second-order valence-corrected chi connectivity index (χ2v) is 6.97. The average molecular weight is 351 g/mol. The summed E-state index contributed by atoms with van der Waals surface area (Å²) in [4.78, 5) is 26.2. The molecule has 1 aliphatic rings. The molecule has 0 aliphatic carbocycles. The van der Waals surface area contributed by atoms with Gasteiger partial charge in [-0.3, -0.25) is 9.69 Å². The predicted octanol–water partition coefficient (Wildman–Crippen LogP) is 2.14. The summed E-state index contributed by atoms with van der Waals surface area (Å²) in [6.07, 6.45) is -1.62. The molecule has 0 spiro atoms. The maximum atomic E-state index is 12.6. The van der Waals surface area contributed by atoms with Crippen molar-refractivity contribution >= 4 is 12.1 Å². The lowest BCUT2D eigenvalue weighted by molar-refractivity contribution is -0.149. The van der Waals surface area contributed by atoms with Crippen molar-refractivity contribution in [2.24, 2.45) is 5.92 Å². The number of hydrogen-bond acceptors (Lipinski definition) is 6. The summed E-state index contributed by atoms with van der Waals surface area (Å²) in [5, 5.41) is 10.4. The summed E-state index contributed by atoms with van der Waals surface area (Å²) < 4.78 is 15.4. The predicted molar refractivity (Wildman–Crippen MR) is 90.2 cm³/mol. The van der Waals surface area contributed by atoms with Crippen LogP contribution >= 0.6 is 0 Å². The van der Waals surface area contributed by atoms with Gasteiger partial charge in [0.25, 0.3) is 0 Å². The normalized spacial score (nSPS) is 23.3. The number of carbonyl (C=O) groups excluding carboxylic acids is 2. The van der Waals surface area contributed by atoms with E-state index in [1.807, 2.05) is 0 Å². The highest BCUT2D eigenvalue weighted by atomic mass is 16.6. The molecule has 7 heteroatoms.